The van der Waals surface area contributed by atoms with Crippen molar-refractivity contribution in [3.05, 3.63) is 65.9 Å². The highest BCUT2D eigenvalue weighted by atomic mass is 16.3. The number of hydrogen-bond acceptors (Lipinski definition) is 2. The van der Waals surface area contributed by atoms with Crippen LogP contribution in [0, 0.1) is 0 Å². The molecule has 0 saturated carbocycles. The number of nitrogens with one attached hydrogen (secondary N) is 1. The van der Waals surface area contributed by atoms with Crippen molar-refractivity contribution in [2.75, 3.05) is 5.32 Å². The van der Waals surface area contributed by atoms with Crippen molar-refractivity contribution in [2.45, 2.75) is 32.6 Å². The maximum atomic E-state index is 12.3. The minimum Gasteiger partial charge on any atom is -0.464 e. The van der Waals surface area contributed by atoms with Crippen molar-refractivity contribution in [1.82, 2.24) is 0 Å². The van der Waals surface area contributed by atoms with Gasteiger partial charge in [-0.05, 0) is 35.2 Å². The van der Waals surface area contributed by atoms with E-state index >= 15 is 0 Å². The first-order chi connectivity index (χ1) is 10.9. The molecule has 1 N–H and O–H groups in total. The van der Waals surface area contributed by atoms with Crippen LogP contribution < -0.4 is 5.32 Å². The summed E-state index contributed by atoms with van der Waals surface area (Å²) >= 11 is 0. The van der Waals surface area contributed by atoms with Crippen LogP contribution in [-0.4, -0.2) is 5.91 Å². The fourth-order valence-electron chi connectivity index (χ4n) is 2.58. The Bertz CT molecular complexity index is 826. The number of para-hydroxylation sites is 1. The summed E-state index contributed by atoms with van der Waals surface area (Å²) in [5.41, 5.74) is 3.84. The molecule has 3 aromatic rings. The average molecular weight is 307 g/mol. The minimum absolute atomic E-state index is 0.0416. The molecule has 3 rings (SSSR count). The Hall–Kier alpha value is -2.55. The quantitative estimate of drug-likeness (QED) is 0.747. The molecule has 0 aliphatic carbocycles. The summed E-state index contributed by atoms with van der Waals surface area (Å²) in [5.74, 6) is -0.0416. The van der Waals surface area contributed by atoms with E-state index in [1.165, 1.54) is 5.56 Å². The van der Waals surface area contributed by atoms with Crippen molar-refractivity contribution >= 4 is 22.6 Å². The van der Waals surface area contributed by atoms with Crippen LogP contribution in [0.25, 0.3) is 11.0 Å². The molecular weight excluding hydrogens is 286 g/mol. The molecule has 0 spiro atoms. The molecule has 0 saturated heterocycles. The Morgan fingerprint density at radius 3 is 2.52 bits per heavy atom. The number of hydrogen-bond donors (Lipinski definition) is 1. The number of rotatable bonds is 3. The zero-order valence-electron chi connectivity index (χ0n) is 13.7. The Labute approximate surface area is 136 Å². The van der Waals surface area contributed by atoms with Crippen molar-refractivity contribution in [3.8, 4) is 0 Å². The largest absolute Gasteiger partial charge is 0.464 e. The molecule has 0 fully saturated rings. The summed E-state index contributed by atoms with van der Waals surface area (Å²) in [6.07, 6.45) is 1.98. The number of carbonyl (C=O) groups excluding carboxylic acids is 1. The highest BCUT2D eigenvalue weighted by molar-refractivity contribution is 5.95. The molecule has 23 heavy (non-hydrogen) atoms. The topological polar surface area (TPSA) is 42.2 Å². The van der Waals surface area contributed by atoms with Crippen LogP contribution in [-0.2, 0) is 16.6 Å². The second-order valence-corrected chi connectivity index (χ2v) is 6.81. The zero-order chi connectivity index (χ0) is 16.4. The summed E-state index contributed by atoms with van der Waals surface area (Å²) in [6.45, 7) is 6.53. The molecule has 0 atom stereocenters. The molecule has 3 nitrogen and oxygen atoms in total. The normalized spacial score (nSPS) is 11.6. The Morgan fingerprint density at radius 2 is 1.83 bits per heavy atom. The second kappa shape index (κ2) is 5.92. The maximum Gasteiger partial charge on any atom is 0.228 e. The summed E-state index contributed by atoms with van der Waals surface area (Å²) < 4.78 is 5.59. The fourth-order valence-corrected chi connectivity index (χ4v) is 2.58. The molecular formula is C20H21NO2. The van der Waals surface area contributed by atoms with E-state index in [1.54, 1.807) is 6.26 Å². The lowest BCUT2D eigenvalue weighted by atomic mass is 9.86. The highest BCUT2D eigenvalue weighted by Crippen LogP contribution is 2.29. The average Bonchev–Trinajstić information content (AvgIpc) is 2.89. The first-order valence-electron chi connectivity index (χ1n) is 7.79. The van der Waals surface area contributed by atoms with E-state index in [0.717, 1.165) is 22.2 Å². The molecule has 1 aromatic heterocycles. The van der Waals surface area contributed by atoms with E-state index in [2.05, 4.69) is 38.2 Å². The molecule has 0 aliphatic heterocycles. The molecule has 0 bridgehead atoms. The third-order valence-electron chi connectivity index (χ3n) is 3.93. The second-order valence-electron chi connectivity index (χ2n) is 6.81. The van der Waals surface area contributed by atoms with Crippen molar-refractivity contribution < 1.29 is 9.21 Å². The van der Waals surface area contributed by atoms with Gasteiger partial charge < -0.3 is 9.73 Å². The first-order valence-corrected chi connectivity index (χ1v) is 7.79. The molecule has 118 valence electrons. The van der Waals surface area contributed by atoms with E-state index in [9.17, 15) is 4.79 Å². The van der Waals surface area contributed by atoms with Crippen molar-refractivity contribution in [2.24, 2.45) is 0 Å². The van der Waals surface area contributed by atoms with Crippen LogP contribution in [0.5, 0.6) is 0 Å². The van der Waals surface area contributed by atoms with Crippen molar-refractivity contribution in [1.29, 1.82) is 0 Å². The number of benzene rings is 2. The van der Waals surface area contributed by atoms with Gasteiger partial charge in [-0.15, -0.1) is 0 Å². The third kappa shape index (κ3) is 3.45. The lowest BCUT2D eigenvalue weighted by Gasteiger charge is -2.18. The van der Waals surface area contributed by atoms with E-state index < -0.39 is 0 Å². The van der Waals surface area contributed by atoms with Crippen LogP contribution in [0.3, 0.4) is 0 Å². The van der Waals surface area contributed by atoms with E-state index in [0.29, 0.717) is 6.42 Å². The Kier molecular flexibility index (Phi) is 3.95. The van der Waals surface area contributed by atoms with Gasteiger partial charge in [0.25, 0.3) is 0 Å². The number of amides is 1. The van der Waals surface area contributed by atoms with Gasteiger partial charge in [-0.1, -0.05) is 45.0 Å². The summed E-state index contributed by atoms with van der Waals surface area (Å²) in [4.78, 5) is 12.3. The van der Waals surface area contributed by atoms with Gasteiger partial charge in [-0.25, -0.2) is 0 Å². The van der Waals surface area contributed by atoms with Gasteiger partial charge in [0, 0.05) is 16.6 Å². The number of furan rings is 1. The number of carbonyl (C=O) groups is 1. The minimum atomic E-state index is -0.0416. The highest BCUT2D eigenvalue weighted by Gasteiger charge is 2.17. The van der Waals surface area contributed by atoms with Crippen LogP contribution in [0.2, 0.25) is 0 Å². The molecule has 0 aliphatic rings. The SMILES string of the molecule is CC(C)(C)c1ccc2occ(CC(=O)Nc3ccccc3)c2c1. The monoisotopic (exact) mass is 307 g/mol. The predicted molar refractivity (Wildman–Crippen MR) is 93.7 cm³/mol. The smallest absolute Gasteiger partial charge is 0.228 e. The van der Waals surface area contributed by atoms with Gasteiger partial charge >= 0.3 is 0 Å². The van der Waals surface area contributed by atoms with E-state index in [-0.39, 0.29) is 11.3 Å². The molecule has 3 heteroatoms. The van der Waals surface area contributed by atoms with Gasteiger partial charge in [0.2, 0.25) is 5.91 Å². The number of anilines is 1. The first kappa shape index (κ1) is 15.3. The van der Waals surface area contributed by atoms with Gasteiger partial charge in [-0.2, -0.15) is 0 Å². The predicted octanol–water partition coefficient (Wildman–Crippen LogP) is 4.91. The Morgan fingerprint density at radius 1 is 1.09 bits per heavy atom. The lowest BCUT2D eigenvalue weighted by Crippen LogP contribution is -2.14. The fraction of sp³-hybridized carbons (Fsp3) is 0.250. The van der Waals surface area contributed by atoms with Gasteiger partial charge in [0.1, 0.15) is 5.58 Å². The zero-order valence-corrected chi connectivity index (χ0v) is 13.7. The van der Waals surface area contributed by atoms with E-state index in [4.69, 9.17) is 4.42 Å². The van der Waals surface area contributed by atoms with Crippen LogP contribution in [0.15, 0.2) is 59.2 Å². The summed E-state index contributed by atoms with van der Waals surface area (Å²) in [5, 5.41) is 3.92. The van der Waals surface area contributed by atoms with Gasteiger partial charge in [0.05, 0.1) is 12.7 Å². The number of fused-ring (bicyclic) bond motifs is 1. The molecule has 1 amide bonds. The van der Waals surface area contributed by atoms with Crippen LogP contribution in [0.1, 0.15) is 31.9 Å². The van der Waals surface area contributed by atoms with Crippen molar-refractivity contribution in [3.63, 3.8) is 0 Å². The van der Waals surface area contributed by atoms with E-state index in [1.807, 2.05) is 36.4 Å². The maximum absolute atomic E-state index is 12.3. The third-order valence-corrected chi connectivity index (χ3v) is 3.93. The summed E-state index contributed by atoms with van der Waals surface area (Å²) in [6, 6.07) is 15.7. The van der Waals surface area contributed by atoms with Gasteiger partial charge in [0.15, 0.2) is 0 Å². The lowest BCUT2D eigenvalue weighted by molar-refractivity contribution is -0.115. The molecule has 2 aromatic carbocycles. The standard InChI is InChI=1S/C20H21NO2/c1-20(2,3)15-9-10-18-17(12-15)14(13-23-18)11-19(22)21-16-7-5-4-6-8-16/h4-10,12-13H,11H2,1-3H3,(H,21,22). The molecule has 0 unspecified atom stereocenters. The summed E-state index contributed by atoms with van der Waals surface area (Å²) in [7, 11) is 0. The van der Waals surface area contributed by atoms with Crippen LogP contribution >= 0.6 is 0 Å². The Balaban J connectivity index is 1.84. The van der Waals surface area contributed by atoms with Crippen LogP contribution in [0.4, 0.5) is 5.69 Å². The molecule has 1 heterocycles. The van der Waals surface area contributed by atoms with Gasteiger partial charge in [-0.3, -0.25) is 4.79 Å². The molecule has 0 radical (unpaired) electrons.